The zero-order valence-electron chi connectivity index (χ0n) is 15.8. The lowest BCUT2D eigenvalue weighted by Gasteiger charge is -2.11. The van der Waals surface area contributed by atoms with Gasteiger partial charge in [0.1, 0.15) is 5.75 Å². The first-order valence-corrected chi connectivity index (χ1v) is 9.97. The molecule has 29 heavy (non-hydrogen) atoms. The minimum absolute atomic E-state index is 0.119. The highest BCUT2D eigenvalue weighted by molar-refractivity contribution is 7.13. The van der Waals surface area contributed by atoms with Crippen molar-refractivity contribution >= 4 is 22.9 Å². The number of ether oxygens (including phenoxy) is 1. The van der Waals surface area contributed by atoms with E-state index in [4.69, 9.17) is 9.26 Å². The number of rotatable bonds is 7. The van der Waals surface area contributed by atoms with Crippen LogP contribution in [-0.4, -0.2) is 23.2 Å². The highest BCUT2D eigenvalue weighted by Gasteiger charge is 2.14. The number of anilines is 1. The summed E-state index contributed by atoms with van der Waals surface area (Å²) in [6.07, 6.45) is 0.658. The second-order valence-electron chi connectivity index (χ2n) is 6.36. The summed E-state index contributed by atoms with van der Waals surface area (Å²) < 4.78 is 10.7. The van der Waals surface area contributed by atoms with Crippen molar-refractivity contribution < 1.29 is 14.1 Å². The number of hydrogen-bond donors (Lipinski definition) is 1. The van der Waals surface area contributed by atoms with Crippen LogP contribution in [0.15, 0.2) is 70.6 Å². The highest BCUT2D eigenvalue weighted by atomic mass is 32.1. The smallest absolute Gasteiger partial charge is 0.231 e. The highest BCUT2D eigenvalue weighted by Crippen LogP contribution is 2.24. The Balaban J connectivity index is 1.48. The largest absolute Gasteiger partial charge is 0.496 e. The molecule has 4 rings (SSSR count). The summed E-state index contributed by atoms with van der Waals surface area (Å²) in [5.41, 5.74) is 2.47. The number of methoxy groups -OCH3 is 1. The van der Waals surface area contributed by atoms with Crippen LogP contribution in [0.3, 0.4) is 0 Å². The van der Waals surface area contributed by atoms with Gasteiger partial charge in [0, 0.05) is 11.3 Å². The number of benzene rings is 2. The van der Waals surface area contributed by atoms with Crippen molar-refractivity contribution in [2.45, 2.75) is 12.8 Å². The van der Waals surface area contributed by atoms with Gasteiger partial charge in [-0.2, -0.15) is 4.98 Å². The van der Waals surface area contributed by atoms with Gasteiger partial charge in [0.25, 0.3) is 0 Å². The Morgan fingerprint density at radius 1 is 1.07 bits per heavy atom. The molecule has 0 spiro atoms. The van der Waals surface area contributed by atoms with E-state index in [2.05, 4.69) is 15.5 Å². The van der Waals surface area contributed by atoms with Crippen LogP contribution in [0.2, 0.25) is 0 Å². The molecule has 0 radical (unpaired) electrons. The lowest BCUT2D eigenvalue weighted by molar-refractivity contribution is -0.115. The van der Waals surface area contributed by atoms with Crippen LogP contribution in [0.25, 0.3) is 10.7 Å². The number of amides is 1. The maximum absolute atomic E-state index is 12.6. The molecular formula is C22H19N3O3S. The van der Waals surface area contributed by atoms with Crippen LogP contribution in [0, 0.1) is 0 Å². The van der Waals surface area contributed by atoms with Gasteiger partial charge in [-0.05, 0) is 29.1 Å². The Hall–Kier alpha value is -3.45. The molecule has 0 bridgehead atoms. The summed E-state index contributed by atoms with van der Waals surface area (Å²) in [6, 6.07) is 19.0. The van der Waals surface area contributed by atoms with Crippen molar-refractivity contribution in [1.29, 1.82) is 0 Å². The molecule has 0 aliphatic carbocycles. The van der Waals surface area contributed by atoms with Crippen LogP contribution in [-0.2, 0) is 17.6 Å². The van der Waals surface area contributed by atoms with E-state index in [-0.39, 0.29) is 12.3 Å². The van der Waals surface area contributed by atoms with E-state index in [9.17, 15) is 4.79 Å². The predicted octanol–water partition coefficient (Wildman–Crippen LogP) is 4.58. The minimum Gasteiger partial charge on any atom is -0.496 e. The topological polar surface area (TPSA) is 77.2 Å². The van der Waals surface area contributed by atoms with Gasteiger partial charge >= 0.3 is 0 Å². The summed E-state index contributed by atoms with van der Waals surface area (Å²) >= 11 is 1.56. The van der Waals surface area contributed by atoms with E-state index in [1.807, 2.05) is 66.0 Å². The van der Waals surface area contributed by atoms with Crippen LogP contribution in [0.5, 0.6) is 5.75 Å². The average molecular weight is 405 g/mol. The zero-order chi connectivity index (χ0) is 20.1. The number of nitrogens with one attached hydrogen (secondary N) is 1. The van der Waals surface area contributed by atoms with Gasteiger partial charge in [-0.15, -0.1) is 11.3 Å². The van der Waals surface area contributed by atoms with Crippen molar-refractivity contribution in [2.75, 3.05) is 12.4 Å². The van der Waals surface area contributed by atoms with Gasteiger partial charge in [0.05, 0.1) is 24.8 Å². The standard InChI is InChI=1S/C22H19N3O3S/c1-27-18-10-5-3-8-16(18)13-20(26)23-17-9-4-2-7-15(17)14-21-24-22(25-28-21)19-11-6-12-29-19/h2-12H,13-14H2,1H3,(H,23,26). The molecule has 0 atom stereocenters. The van der Waals surface area contributed by atoms with Gasteiger partial charge in [0.2, 0.25) is 17.6 Å². The van der Waals surface area contributed by atoms with E-state index >= 15 is 0 Å². The van der Waals surface area contributed by atoms with Crippen LogP contribution in [0.4, 0.5) is 5.69 Å². The fourth-order valence-corrected chi connectivity index (χ4v) is 3.66. The Morgan fingerprint density at radius 3 is 2.66 bits per heavy atom. The molecule has 4 aromatic rings. The second kappa shape index (κ2) is 8.70. The Bertz CT molecular complexity index is 1110. The quantitative estimate of drug-likeness (QED) is 0.487. The zero-order valence-corrected chi connectivity index (χ0v) is 16.6. The van der Waals surface area contributed by atoms with Crippen molar-refractivity contribution in [3.8, 4) is 16.5 Å². The number of hydrogen-bond acceptors (Lipinski definition) is 6. The molecular weight excluding hydrogens is 386 g/mol. The molecule has 0 saturated heterocycles. The number of nitrogens with zero attached hydrogens (tertiary/aromatic N) is 2. The molecule has 1 amide bonds. The number of para-hydroxylation sites is 2. The molecule has 1 N–H and O–H groups in total. The Kier molecular flexibility index (Phi) is 5.67. The number of aromatic nitrogens is 2. The van der Waals surface area contributed by atoms with Gasteiger partial charge in [0.15, 0.2) is 0 Å². The van der Waals surface area contributed by atoms with Crippen molar-refractivity contribution in [3.05, 3.63) is 83.1 Å². The van der Waals surface area contributed by atoms with Crippen molar-refractivity contribution in [3.63, 3.8) is 0 Å². The first kappa shape index (κ1) is 18.9. The van der Waals surface area contributed by atoms with E-state index in [1.54, 1.807) is 18.4 Å². The maximum atomic E-state index is 12.6. The Morgan fingerprint density at radius 2 is 1.86 bits per heavy atom. The van der Waals surface area contributed by atoms with E-state index in [1.165, 1.54) is 0 Å². The van der Waals surface area contributed by atoms with Crippen molar-refractivity contribution in [1.82, 2.24) is 10.1 Å². The van der Waals surface area contributed by atoms with Crippen LogP contribution in [0.1, 0.15) is 17.0 Å². The van der Waals surface area contributed by atoms with Gasteiger partial charge < -0.3 is 14.6 Å². The molecule has 6 nitrogen and oxygen atoms in total. The molecule has 0 saturated carbocycles. The maximum Gasteiger partial charge on any atom is 0.231 e. The van der Waals surface area contributed by atoms with E-state index < -0.39 is 0 Å². The van der Waals surface area contributed by atoms with Gasteiger partial charge in [-0.1, -0.05) is 47.6 Å². The monoisotopic (exact) mass is 405 g/mol. The molecule has 2 aromatic heterocycles. The SMILES string of the molecule is COc1ccccc1CC(=O)Nc1ccccc1Cc1nc(-c2cccs2)no1. The lowest BCUT2D eigenvalue weighted by atomic mass is 10.1. The second-order valence-corrected chi connectivity index (χ2v) is 7.31. The average Bonchev–Trinajstić information content (AvgIpc) is 3.42. The molecule has 2 heterocycles. The third-order valence-corrected chi connectivity index (χ3v) is 5.25. The number of carbonyl (C=O) groups is 1. The third-order valence-electron chi connectivity index (χ3n) is 4.39. The van der Waals surface area contributed by atoms with Crippen molar-refractivity contribution in [2.24, 2.45) is 0 Å². The third kappa shape index (κ3) is 4.52. The summed E-state index contributed by atoms with van der Waals surface area (Å²) in [4.78, 5) is 18.0. The lowest BCUT2D eigenvalue weighted by Crippen LogP contribution is -2.16. The first-order chi connectivity index (χ1) is 14.2. The van der Waals surface area contributed by atoms with E-state index in [0.29, 0.717) is 23.9 Å². The molecule has 0 fully saturated rings. The Labute approximate surface area is 172 Å². The number of thiophene rings is 1. The summed E-state index contributed by atoms with van der Waals surface area (Å²) in [6.45, 7) is 0. The minimum atomic E-state index is -0.119. The fraction of sp³-hybridized carbons (Fsp3) is 0.136. The summed E-state index contributed by atoms with van der Waals surface area (Å²) in [7, 11) is 1.60. The number of carbonyl (C=O) groups excluding carboxylic acids is 1. The molecule has 0 aliphatic rings. The van der Waals surface area contributed by atoms with Crippen LogP contribution < -0.4 is 10.1 Å². The van der Waals surface area contributed by atoms with Crippen LogP contribution >= 0.6 is 11.3 Å². The molecule has 0 aliphatic heterocycles. The van der Waals surface area contributed by atoms with E-state index in [0.717, 1.165) is 21.7 Å². The fourth-order valence-electron chi connectivity index (χ4n) is 3.01. The first-order valence-electron chi connectivity index (χ1n) is 9.09. The molecule has 2 aromatic carbocycles. The molecule has 7 heteroatoms. The van der Waals surface area contributed by atoms with Gasteiger partial charge in [-0.3, -0.25) is 4.79 Å². The molecule has 0 unspecified atom stereocenters. The normalized spacial score (nSPS) is 10.7. The summed E-state index contributed by atoms with van der Waals surface area (Å²) in [5, 5.41) is 9.00. The van der Waals surface area contributed by atoms with Gasteiger partial charge in [-0.25, -0.2) is 0 Å². The predicted molar refractivity (Wildman–Crippen MR) is 112 cm³/mol. The molecule has 146 valence electrons. The summed E-state index contributed by atoms with van der Waals surface area (Å²) in [5.74, 6) is 1.65.